The molecule has 0 fully saturated rings. The Kier molecular flexibility index (Phi) is 10.7. The zero-order valence-corrected chi connectivity index (χ0v) is 10.1. The van der Waals surface area contributed by atoms with Gasteiger partial charge in [0.1, 0.15) is 6.42 Å². The van der Waals surface area contributed by atoms with Crippen molar-refractivity contribution in [1.29, 1.82) is 0 Å². The second kappa shape index (κ2) is 10.1. The number of aliphatic carboxylic acids is 2. The molecule has 7 nitrogen and oxygen atoms in total. The minimum Gasteiger partial charge on any atom is -0.481 e. The molecule has 8 heteroatoms. The molecule has 0 radical (unpaired) electrons. The molecule has 0 heterocycles. The second-order valence-electron chi connectivity index (χ2n) is 2.55. The number of nitrogens with one attached hydrogen (secondary N) is 1. The van der Waals surface area contributed by atoms with Crippen LogP contribution < -0.4 is 5.32 Å². The summed E-state index contributed by atoms with van der Waals surface area (Å²) in [5, 5.41) is 18.1. The summed E-state index contributed by atoms with van der Waals surface area (Å²) in [7, 11) is 0. The fraction of sp³-hybridized carbons (Fsp3) is 0.500. The second-order valence-corrected chi connectivity index (χ2v) is 3.11. The largest absolute Gasteiger partial charge is 0.481 e. The zero-order chi connectivity index (χ0) is 13.1. The molecule has 0 atom stereocenters. The maximum Gasteiger partial charge on any atom is 0.314 e. The van der Waals surface area contributed by atoms with Crippen molar-refractivity contribution in [3.8, 4) is 0 Å². The minimum atomic E-state index is -1.31. The van der Waals surface area contributed by atoms with Gasteiger partial charge in [-0.2, -0.15) is 0 Å². The third kappa shape index (κ3) is 18.4. The van der Waals surface area contributed by atoms with Crippen LogP contribution >= 0.6 is 15.9 Å². The van der Waals surface area contributed by atoms with Gasteiger partial charge < -0.3 is 15.5 Å². The molecular weight excluding hydrogens is 286 g/mol. The molecule has 0 aromatic rings. The predicted molar refractivity (Wildman–Crippen MR) is 57.4 cm³/mol. The van der Waals surface area contributed by atoms with Crippen LogP contribution in [0.1, 0.15) is 13.3 Å². The molecule has 0 unspecified atom stereocenters. The Labute approximate surface area is 100.0 Å². The molecular formula is C8H12BrNO6. The van der Waals surface area contributed by atoms with Crippen molar-refractivity contribution >= 4 is 39.6 Å². The third-order valence-electron chi connectivity index (χ3n) is 0.986. The number of carboxylic acid groups (broad SMARTS) is 2. The molecule has 0 aliphatic heterocycles. The molecule has 0 saturated carbocycles. The van der Waals surface area contributed by atoms with Crippen molar-refractivity contribution in [2.75, 3.05) is 11.9 Å². The molecule has 0 aromatic carbocycles. The maximum atomic E-state index is 10.5. The number of halogens is 1. The summed E-state index contributed by atoms with van der Waals surface area (Å²) in [5.41, 5.74) is 0. The summed E-state index contributed by atoms with van der Waals surface area (Å²) >= 11 is 2.96. The van der Waals surface area contributed by atoms with Gasteiger partial charge in [0, 0.05) is 6.92 Å². The fourth-order valence-electron chi connectivity index (χ4n) is 0.400. The lowest BCUT2D eigenvalue weighted by atomic mass is 10.4. The van der Waals surface area contributed by atoms with Crippen LogP contribution in [-0.4, -0.2) is 45.7 Å². The Bertz CT molecular complexity index is 266. The lowest BCUT2D eigenvalue weighted by Crippen LogP contribution is -2.27. The van der Waals surface area contributed by atoms with E-state index < -0.39 is 18.4 Å². The van der Waals surface area contributed by atoms with E-state index in [9.17, 15) is 19.2 Å². The van der Waals surface area contributed by atoms with Crippen LogP contribution in [0.2, 0.25) is 0 Å². The number of amides is 1. The van der Waals surface area contributed by atoms with Crippen LogP contribution in [0.4, 0.5) is 0 Å². The number of carbonyl (C=O) groups excluding carboxylic acids is 2. The first kappa shape index (κ1) is 17.0. The number of hydrogen-bond acceptors (Lipinski definition) is 4. The molecule has 0 bridgehead atoms. The topological polar surface area (TPSA) is 121 Å². The summed E-state index contributed by atoms with van der Waals surface area (Å²) < 4.78 is 0. The van der Waals surface area contributed by atoms with Gasteiger partial charge in [-0.3, -0.25) is 19.2 Å². The first-order valence-corrected chi connectivity index (χ1v) is 5.17. The fourth-order valence-corrected chi connectivity index (χ4v) is 0.598. The SMILES string of the molecule is CC(=O)NCC(=O)CBr.O=C(O)CC(=O)O. The molecule has 0 rings (SSSR count). The smallest absolute Gasteiger partial charge is 0.314 e. The lowest BCUT2D eigenvalue weighted by molar-refractivity contribution is -0.147. The van der Waals surface area contributed by atoms with Gasteiger partial charge in [-0.15, -0.1) is 0 Å². The molecule has 0 saturated heterocycles. The molecule has 0 spiro atoms. The number of Topliss-reactive ketones (excluding diaryl/α,β-unsaturated/α-hetero) is 1. The van der Waals surface area contributed by atoms with Gasteiger partial charge in [0.15, 0.2) is 5.78 Å². The van der Waals surface area contributed by atoms with Gasteiger partial charge >= 0.3 is 11.9 Å². The van der Waals surface area contributed by atoms with Crippen molar-refractivity contribution < 1.29 is 29.4 Å². The number of rotatable bonds is 5. The van der Waals surface area contributed by atoms with Crippen LogP contribution in [0.5, 0.6) is 0 Å². The average Bonchev–Trinajstić information content (AvgIpc) is 2.12. The lowest BCUT2D eigenvalue weighted by Gasteiger charge is -1.95. The van der Waals surface area contributed by atoms with E-state index in [2.05, 4.69) is 21.2 Å². The highest BCUT2D eigenvalue weighted by Crippen LogP contribution is 1.79. The molecule has 92 valence electrons. The Balaban J connectivity index is 0. The van der Waals surface area contributed by atoms with Crippen LogP contribution in [0, 0.1) is 0 Å². The van der Waals surface area contributed by atoms with Crippen molar-refractivity contribution in [2.45, 2.75) is 13.3 Å². The van der Waals surface area contributed by atoms with Crippen LogP contribution in [0.25, 0.3) is 0 Å². The van der Waals surface area contributed by atoms with Gasteiger partial charge in [0.2, 0.25) is 5.91 Å². The third-order valence-corrected chi connectivity index (χ3v) is 1.61. The Hall–Kier alpha value is -1.44. The van der Waals surface area contributed by atoms with Crippen LogP contribution in [-0.2, 0) is 19.2 Å². The quantitative estimate of drug-likeness (QED) is 0.470. The highest BCUT2D eigenvalue weighted by molar-refractivity contribution is 9.09. The monoisotopic (exact) mass is 297 g/mol. The predicted octanol–water partition coefficient (Wildman–Crippen LogP) is -0.368. The van der Waals surface area contributed by atoms with E-state index in [0.29, 0.717) is 5.33 Å². The summed E-state index contributed by atoms with van der Waals surface area (Å²) in [5.74, 6) is -2.82. The number of carboxylic acids is 2. The number of alkyl halides is 1. The van der Waals surface area contributed by atoms with E-state index in [1.807, 2.05) is 0 Å². The van der Waals surface area contributed by atoms with E-state index in [1.165, 1.54) is 6.92 Å². The molecule has 1 amide bonds. The highest BCUT2D eigenvalue weighted by Gasteiger charge is 2.01. The Morgan fingerprint density at radius 1 is 1.12 bits per heavy atom. The van der Waals surface area contributed by atoms with E-state index in [0.717, 1.165) is 0 Å². The summed E-state index contributed by atoms with van der Waals surface area (Å²) in [6.45, 7) is 1.50. The summed E-state index contributed by atoms with van der Waals surface area (Å²) in [6.07, 6.45) is -0.806. The van der Waals surface area contributed by atoms with Gasteiger partial charge in [-0.1, -0.05) is 15.9 Å². The normalized spacial score (nSPS) is 8.38. The van der Waals surface area contributed by atoms with Gasteiger partial charge in [0.05, 0.1) is 11.9 Å². The highest BCUT2D eigenvalue weighted by atomic mass is 79.9. The first-order chi connectivity index (χ1) is 7.29. The van der Waals surface area contributed by atoms with Crippen molar-refractivity contribution in [3.05, 3.63) is 0 Å². The molecule has 3 N–H and O–H groups in total. The molecule has 0 aliphatic rings. The van der Waals surface area contributed by atoms with E-state index in [1.54, 1.807) is 0 Å². The summed E-state index contributed by atoms with van der Waals surface area (Å²) in [4.78, 5) is 39.5. The van der Waals surface area contributed by atoms with Crippen LogP contribution in [0.15, 0.2) is 0 Å². The van der Waals surface area contributed by atoms with E-state index >= 15 is 0 Å². The number of ketones is 1. The van der Waals surface area contributed by atoms with Gasteiger partial charge in [-0.05, 0) is 0 Å². The number of hydrogen-bond donors (Lipinski definition) is 3. The Morgan fingerprint density at radius 2 is 1.56 bits per heavy atom. The standard InChI is InChI=1S/C5H8BrNO2.C3H4O4/c1-4(8)7-3-5(9)2-6;4-2(5)1-3(6)7/h2-3H2,1H3,(H,7,8);1H2,(H,4,5)(H,6,7). The minimum absolute atomic E-state index is 0.0230. The number of carbonyl (C=O) groups is 4. The Morgan fingerprint density at radius 3 is 1.75 bits per heavy atom. The zero-order valence-electron chi connectivity index (χ0n) is 8.53. The maximum absolute atomic E-state index is 10.5. The van der Waals surface area contributed by atoms with Crippen LogP contribution in [0.3, 0.4) is 0 Å². The van der Waals surface area contributed by atoms with Crippen molar-refractivity contribution in [2.24, 2.45) is 0 Å². The van der Waals surface area contributed by atoms with Crippen molar-refractivity contribution in [3.63, 3.8) is 0 Å². The first-order valence-electron chi connectivity index (χ1n) is 4.05. The molecule has 0 aliphatic carbocycles. The molecule has 16 heavy (non-hydrogen) atoms. The average molecular weight is 298 g/mol. The van der Waals surface area contributed by atoms with E-state index in [-0.39, 0.29) is 18.2 Å². The molecule has 0 aromatic heterocycles. The van der Waals surface area contributed by atoms with Gasteiger partial charge in [-0.25, -0.2) is 0 Å². The van der Waals surface area contributed by atoms with E-state index in [4.69, 9.17) is 10.2 Å². The van der Waals surface area contributed by atoms with Gasteiger partial charge in [0.25, 0.3) is 0 Å². The van der Waals surface area contributed by atoms with Crippen molar-refractivity contribution in [1.82, 2.24) is 5.32 Å². The summed E-state index contributed by atoms with van der Waals surface area (Å²) in [6, 6.07) is 0.